The van der Waals surface area contributed by atoms with Crippen LogP contribution in [0.3, 0.4) is 0 Å². The molecule has 0 atom stereocenters. The third-order valence-electron chi connectivity index (χ3n) is 2.92. The SMILES string of the molecule is CC(C)CCNC(=S)NNC(=O)CSCC(=O)Nc1ccc(Cl)cc1. The van der Waals surface area contributed by atoms with Gasteiger partial charge in [-0.2, -0.15) is 0 Å². The van der Waals surface area contributed by atoms with Crippen molar-refractivity contribution in [2.75, 3.05) is 23.4 Å². The van der Waals surface area contributed by atoms with Crippen LogP contribution in [0, 0.1) is 5.92 Å². The van der Waals surface area contributed by atoms with Crippen LogP contribution in [-0.4, -0.2) is 35.0 Å². The van der Waals surface area contributed by atoms with E-state index in [1.54, 1.807) is 24.3 Å². The molecule has 0 spiro atoms. The average molecular weight is 403 g/mol. The van der Waals surface area contributed by atoms with Gasteiger partial charge in [0.25, 0.3) is 0 Å². The number of thioether (sulfide) groups is 1. The average Bonchev–Trinajstić information content (AvgIpc) is 2.55. The lowest BCUT2D eigenvalue weighted by atomic mass is 10.1. The Balaban J connectivity index is 2.12. The summed E-state index contributed by atoms with van der Waals surface area (Å²) in [4.78, 5) is 23.5. The Morgan fingerprint density at radius 3 is 2.40 bits per heavy atom. The van der Waals surface area contributed by atoms with E-state index in [9.17, 15) is 9.59 Å². The molecule has 2 amide bonds. The van der Waals surface area contributed by atoms with Crippen molar-refractivity contribution in [3.63, 3.8) is 0 Å². The van der Waals surface area contributed by atoms with E-state index < -0.39 is 0 Å². The molecular formula is C16H23ClN4O2S2. The van der Waals surface area contributed by atoms with Gasteiger partial charge in [-0.15, -0.1) is 11.8 Å². The number of carbonyl (C=O) groups excluding carboxylic acids is 2. The number of nitrogens with one attached hydrogen (secondary N) is 4. The third-order valence-corrected chi connectivity index (χ3v) is 4.35. The lowest BCUT2D eigenvalue weighted by molar-refractivity contribution is -0.119. The second kappa shape index (κ2) is 11.9. The van der Waals surface area contributed by atoms with Crippen LogP contribution < -0.4 is 21.5 Å². The maximum atomic E-state index is 11.8. The Labute approximate surface area is 162 Å². The van der Waals surface area contributed by atoms with Gasteiger partial charge in [-0.1, -0.05) is 25.4 Å². The molecule has 0 aliphatic rings. The highest BCUT2D eigenvalue weighted by molar-refractivity contribution is 8.00. The summed E-state index contributed by atoms with van der Waals surface area (Å²) in [5.41, 5.74) is 5.79. The molecule has 1 aromatic rings. The van der Waals surface area contributed by atoms with Crippen molar-refractivity contribution >= 4 is 58.2 Å². The van der Waals surface area contributed by atoms with E-state index in [0.29, 0.717) is 21.7 Å². The monoisotopic (exact) mass is 402 g/mol. The standard InChI is InChI=1S/C16H23ClN4O2S2/c1-11(2)7-8-18-16(24)21-20-15(23)10-25-9-14(22)19-13-5-3-12(17)4-6-13/h3-6,11H,7-10H2,1-2H3,(H,19,22)(H,20,23)(H2,18,21,24). The minimum absolute atomic E-state index is 0.148. The number of halogens is 1. The Bertz CT molecular complexity index is 582. The van der Waals surface area contributed by atoms with Gasteiger partial charge in [0.1, 0.15) is 0 Å². The van der Waals surface area contributed by atoms with Crippen LogP contribution in [0.4, 0.5) is 5.69 Å². The Morgan fingerprint density at radius 2 is 1.76 bits per heavy atom. The first kappa shape index (κ1) is 21.5. The predicted octanol–water partition coefficient (Wildman–Crippen LogP) is 2.55. The van der Waals surface area contributed by atoms with Gasteiger partial charge in [0.15, 0.2) is 5.11 Å². The first-order valence-corrected chi connectivity index (χ1v) is 9.76. The van der Waals surface area contributed by atoms with Crippen molar-refractivity contribution < 1.29 is 9.59 Å². The highest BCUT2D eigenvalue weighted by atomic mass is 35.5. The van der Waals surface area contributed by atoms with Crippen molar-refractivity contribution in [2.45, 2.75) is 20.3 Å². The van der Waals surface area contributed by atoms with Crippen LogP contribution in [0.2, 0.25) is 5.02 Å². The zero-order valence-electron chi connectivity index (χ0n) is 14.2. The molecule has 0 saturated heterocycles. The van der Waals surface area contributed by atoms with E-state index in [0.717, 1.165) is 13.0 Å². The molecule has 4 N–H and O–H groups in total. The van der Waals surface area contributed by atoms with Crippen molar-refractivity contribution in [2.24, 2.45) is 5.92 Å². The van der Waals surface area contributed by atoms with Crippen molar-refractivity contribution in [3.05, 3.63) is 29.3 Å². The number of thiocarbonyl (C=S) groups is 1. The molecule has 25 heavy (non-hydrogen) atoms. The van der Waals surface area contributed by atoms with Crippen LogP contribution in [0.5, 0.6) is 0 Å². The number of amides is 2. The lowest BCUT2D eigenvalue weighted by Gasteiger charge is -2.12. The first-order valence-electron chi connectivity index (χ1n) is 7.82. The second-order valence-electron chi connectivity index (χ2n) is 5.66. The van der Waals surface area contributed by atoms with Crippen LogP contribution >= 0.6 is 35.6 Å². The molecule has 0 bridgehead atoms. The van der Waals surface area contributed by atoms with Gasteiger partial charge < -0.3 is 10.6 Å². The van der Waals surface area contributed by atoms with Crippen LogP contribution in [0.25, 0.3) is 0 Å². The summed E-state index contributed by atoms with van der Waals surface area (Å²) in [6.07, 6.45) is 0.994. The summed E-state index contributed by atoms with van der Waals surface area (Å²) >= 11 is 12.0. The van der Waals surface area contributed by atoms with E-state index in [-0.39, 0.29) is 23.3 Å². The zero-order chi connectivity index (χ0) is 18.7. The maximum absolute atomic E-state index is 11.8. The molecule has 0 saturated carbocycles. The van der Waals surface area contributed by atoms with E-state index in [1.165, 1.54) is 11.8 Å². The number of anilines is 1. The molecule has 0 radical (unpaired) electrons. The summed E-state index contributed by atoms with van der Waals surface area (Å²) in [5, 5.41) is 6.71. The number of rotatable bonds is 8. The molecule has 1 aromatic carbocycles. The number of benzene rings is 1. The van der Waals surface area contributed by atoms with Crippen molar-refractivity contribution in [1.82, 2.24) is 16.2 Å². The van der Waals surface area contributed by atoms with Gasteiger partial charge in [-0.05, 0) is 48.8 Å². The topological polar surface area (TPSA) is 82.3 Å². The van der Waals surface area contributed by atoms with E-state index in [2.05, 4.69) is 35.3 Å². The molecule has 9 heteroatoms. The van der Waals surface area contributed by atoms with Gasteiger partial charge in [0.2, 0.25) is 11.8 Å². The maximum Gasteiger partial charge on any atom is 0.248 e. The molecule has 0 aliphatic heterocycles. The molecule has 0 heterocycles. The summed E-state index contributed by atoms with van der Waals surface area (Å²) in [5.74, 6) is 0.472. The summed E-state index contributed by atoms with van der Waals surface area (Å²) in [7, 11) is 0. The van der Waals surface area contributed by atoms with Gasteiger partial charge in [0, 0.05) is 17.3 Å². The summed E-state index contributed by atoms with van der Waals surface area (Å²) in [6, 6.07) is 6.83. The van der Waals surface area contributed by atoms with Crippen molar-refractivity contribution in [1.29, 1.82) is 0 Å². The highest BCUT2D eigenvalue weighted by Crippen LogP contribution is 2.13. The number of carbonyl (C=O) groups is 2. The zero-order valence-corrected chi connectivity index (χ0v) is 16.6. The van der Waals surface area contributed by atoms with E-state index >= 15 is 0 Å². The Kier molecular flexibility index (Phi) is 10.3. The second-order valence-corrected chi connectivity index (χ2v) is 7.49. The van der Waals surface area contributed by atoms with E-state index in [1.807, 2.05) is 0 Å². The molecule has 0 aliphatic carbocycles. The Morgan fingerprint density at radius 1 is 1.12 bits per heavy atom. The minimum Gasteiger partial charge on any atom is -0.361 e. The summed E-state index contributed by atoms with van der Waals surface area (Å²) < 4.78 is 0. The summed E-state index contributed by atoms with van der Waals surface area (Å²) in [6.45, 7) is 5.00. The quantitative estimate of drug-likeness (QED) is 0.395. The smallest absolute Gasteiger partial charge is 0.248 e. The molecule has 0 aromatic heterocycles. The first-order chi connectivity index (χ1) is 11.9. The predicted molar refractivity (Wildman–Crippen MR) is 109 cm³/mol. The van der Waals surface area contributed by atoms with Crippen LogP contribution in [-0.2, 0) is 9.59 Å². The molecule has 1 rings (SSSR count). The van der Waals surface area contributed by atoms with Crippen LogP contribution in [0.15, 0.2) is 24.3 Å². The fourth-order valence-corrected chi connectivity index (χ4v) is 2.54. The van der Waals surface area contributed by atoms with E-state index in [4.69, 9.17) is 23.8 Å². The molecular weight excluding hydrogens is 380 g/mol. The molecule has 0 fully saturated rings. The van der Waals surface area contributed by atoms with Crippen molar-refractivity contribution in [3.8, 4) is 0 Å². The molecule has 6 nitrogen and oxygen atoms in total. The van der Waals surface area contributed by atoms with Gasteiger partial charge in [-0.25, -0.2) is 0 Å². The lowest BCUT2D eigenvalue weighted by Crippen LogP contribution is -2.47. The largest absolute Gasteiger partial charge is 0.361 e. The third kappa shape index (κ3) is 10.9. The molecule has 138 valence electrons. The van der Waals surface area contributed by atoms with Crippen LogP contribution in [0.1, 0.15) is 20.3 Å². The number of hydrogen-bond acceptors (Lipinski definition) is 4. The number of hydrazine groups is 1. The normalized spacial score (nSPS) is 10.2. The van der Waals surface area contributed by atoms with Gasteiger partial charge in [-0.3, -0.25) is 20.4 Å². The van der Waals surface area contributed by atoms with Gasteiger partial charge in [0.05, 0.1) is 11.5 Å². The fourth-order valence-electron chi connectivity index (χ4n) is 1.65. The highest BCUT2D eigenvalue weighted by Gasteiger charge is 2.06. The fraction of sp³-hybridized carbons (Fsp3) is 0.438. The minimum atomic E-state index is -0.252. The Hall–Kier alpha value is -1.51. The number of hydrogen-bond donors (Lipinski definition) is 4. The van der Waals surface area contributed by atoms with Gasteiger partial charge >= 0.3 is 0 Å². The molecule has 0 unspecified atom stereocenters.